The lowest BCUT2D eigenvalue weighted by molar-refractivity contribution is -0.108. The number of aliphatic hydroxyl groups excluding tert-OH is 1. The van der Waals surface area contributed by atoms with E-state index in [2.05, 4.69) is 15.7 Å². The summed E-state index contributed by atoms with van der Waals surface area (Å²) in [4.78, 5) is 26.9. The number of carbonyl (C=O) groups excluding carboxylic acids is 2. The number of rotatable bonds is 10. The highest BCUT2D eigenvalue weighted by Crippen LogP contribution is 2.30. The number of urea groups is 1. The van der Waals surface area contributed by atoms with Gasteiger partial charge in [-0.2, -0.15) is 9.61 Å². The smallest absolute Gasteiger partial charge is 0.325 e. The van der Waals surface area contributed by atoms with Crippen LogP contribution in [0.4, 0.5) is 10.6 Å². The van der Waals surface area contributed by atoms with E-state index in [1.807, 2.05) is 35.6 Å². The monoisotopic (exact) mass is 450 g/mol. The fraction of sp³-hybridized carbons (Fsp3) is 0.304. The molecule has 3 amide bonds. The molecule has 0 unspecified atom stereocenters. The third kappa shape index (κ3) is 5.66. The first-order valence-electron chi connectivity index (χ1n) is 10.8. The van der Waals surface area contributed by atoms with Crippen molar-refractivity contribution >= 4 is 30.0 Å². The van der Waals surface area contributed by atoms with Crippen molar-refractivity contribution in [3.63, 3.8) is 0 Å². The minimum atomic E-state index is -0.613. The van der Waals surface area contributed by atoms with E-state index in [4.69, 9.17) is 14.8 Å². The molecule has 33 heavy (non-hydrogen) atoms. The fourth-order valence-corrected chi connectivity index (χ4v) is 3.31. The van der Waals surface area contributed by atoms with Crippen LogP contribution < -0.4 is 20.7 Å². The standard InChI is InChI=1S/C23H26N6O4/c1-15(26-23(32)24-14-31)10-17-13-25-29-21(27-18-6-7-18)12-20(28-22(17)29)16-4-2-5-19(11-16)33-9-3-8-30/h2,4-5,10-14,18,27,30H,3,6-9H2,1H3,(H2,24,26,31,32)/b15-10-. The van der Waals surface area contributed by atoms with E-state index in [1.165, 1.54) is 0 Å². The van der Waals surface area contributed by atoms with E-state index in [-0.39, 0.29) is 6.61 Å². The highest BCUT2D eigenvalue weighted by Gasteiger charge is 2.23. The van der Waals surface area contributed by atoms with Gasteiger partial charge in [-0.3, -0.25) is 10.1 Å². The summed E-state index contributed by atoms with van der Waals surface area (Å²) in [5.74, 6) is 1.53. The second-order valence-electron chi connectivity index (χ2n) is 7.78. The normalized spacial score (nSPS) is 13.6. The number of imide groups is 1. The molecule has 4 N–H and O–H groups in total. The first-order chi connectivity index (χ1) is 16.1. The van der Waals surface area contributed by atoms with E-state index in [1.54, 1.807) is 23.7 Å². The number of benzene rings is 1. The topological polar surface area (TPSA) is 130 Å². The Morgan fingerprint density at radius 1 is 1.33 bits per heavy atom. The summed E-state index contributed by atoms with van der Waals surface area (Å²) in [6.07, 6.45) is 6.53. The summed E-state index contributed by atoms with van der Waals surface area (Å²) >= 11 is 0. The van der Waals surface area contributed by atoms with Gasteiger partial charge in [-0.05, 0) is 38.0 Å². The van der Waals surface area contributed by atoms with Gasteiger partial charge in [-0.25, -0.2) is 9.78 Å². The van der Waals surface area contributed by atoms with Crippen molar-refractivity contribution < 1.29 is 19.4 Å². The van der Waals surface area contributed by atoms with Crippen LogP contribution in [0.2, 0.25) is 0 Å². The Morgan fingerprint density at radius 2 is 2.18 bits per heavy atom. The molecule has 2 aromatic heterocycles. The minimum absolute atomic E-state index is 0.0801. The van der Waals surface area contributed by atoms with Gasteiger partial charge in [0.1, 0.15) is 11.6 Å². The van der Waals surface area contributed by atoms with Gasteiger partial charge in [-0.1, -0.05) is 12.1 Å². The molecule has 1 aliphatic carbocycles. The summed E-state index contributed by atoms with van der Waals surface area (Å²) in [5.41, 5.74) is 3.51. The predicted octanol–water partition coefficient (Wildman–Crippen LogP) is 2.55. The zero-order valence-electron chi connectivity index (χ0n) is 18.2. The van der Waals surface area contributed by atoms with Gasteiger partial charge in [-0.15, -0.1) is 0 Å². The zero-order chi connectivity index (χ0) is 23.2. The molecule has 10 nitrogen and oxygen atoms in total. The molecule has 3 aromatic rings. The number of ether oxygens (including phenoxy) is 1. The molecular weight excluding hydrogens is 424 g/mol. The maximum atomic E-state index is 11.6. The number of nitrogens with one attached hydrogen (secondary N) is 3. The van der Waals surface area contributed by atoms with Gasteiger partial charge in [0.05, 0.1) is 18.5 Å². The Kier molecular flexibility index (Phi) is 6.84. The van der Waals surface area contributed by atoms with Crippen LogP contribution in [0.15, 0.2) is 42.2 Å². The van der Waals surface area contributed by atoms with Crippen LogP contribution >= 0.6 is 0 Å². The van der Waals surface area contributed by atoms with Crippen molar-refractivity contribution in [1.82, 2.24) is 25.2 Å². The quantitative estimate of drug-likeness (QED) is 0.276. The van der Waals surface area contributed by atoms with Gasteiger partial charge in [0, 0.05) is 42.0 Å². The molecule has 0 aliphatic heterocycles. The van der Waals surface area contributed by atoms with E-state index in [0.717, 1.165) is 35.5 Å². The maximum Gasteiger partial charge on any atom is 0.325 e. The first kappa shape index (κ1) is 22.3. The minimum Gasteiger partial charge on any atom is -0.493 e. The molecule has 0 spiro atoms. The summed E-state index contributed by atoms with van der Waals surface area (Å²) in [7, 11) is 0. The molecule has 172 valence electrons. The Labute approximate surface area is 190 Å². The Morgan fingerprint density at radius 3 is 2.94 bits per heavy atom. The van der Waals surface area contributed by atoms with Gasteiger partial charge in [0.15, 0.2) is 5.65 Å². The maximum absolute atomic E-state index is 11.6. The van der Waals surface area contributed by atoms with Crippen LogP contribution in [0, 0.1) is 0 Å². The lowest BCUT2D eigenvalue weighted by atomic mass is 10.1. The van der Waals surface area contributed by atoms with Crippen molar-refractivity contribution in [2.24, 2.45) is 0 Å². The lowest BCUT2D eigenvalue weighted by Gasteiger charge is -2.12. The molecule has 0 saturated heterocycles. The zero-order valence-corrected chi connectivity index (χ0v) is 18.2. The molecular formula is C23H26N6O4. The molecule has 2 heterocycles. The van der Waals surface area contributed by atoms with Crippen molar-refractivity contribution in [3.8, 4) is 17.0 Å². The second-order valence-corrected chi connectivity index (χ2v) is 7.78. The van der Waals surface area contributed by atoms with E-state index < -0.39 is 6.03 Å². The Bertz CT molecular complexity index is 1180. The fourth-order valence-electron chi connectivity index (χ4n) is 3.31. The summed E-state index contributed by atoms with van der Waals surface area (Å²) in [5, 5.41) is 21.6. The van der Waals surface area contributed by atoms with Gasteiger partial charge in [0.2, 0.25) is 6.41 Å². The third-order valence-corrected chi connectivity index (χ3v) is 5.00. The number of aliphatic hydroxyl groups is 1. The number of nitrogens with zero attached hydrogens (tertiary/aromatic N) is 3. The van der Waals surface area contributed by atoms with Crippen molar-refractivity contribution in [2.75, 3.05) is 18.5 Å². The molecule has 0 atom stereocenters. The molecule has 1 saturated carbocycles. The average Bonchev–Trinajstić information content (AvgIpc) is 3.53. The molecule has 0 bridgehead atoms. The number of allylic oxidation sites excluding steroid dienone is 1. The number of hydrogen-bond acceptors (Lipinski definition) is 7. The number of hydrogen-bond donors (Lipinski definition) is 4. The van der Waals surface area contributed by atoms with Crippen LogP contribution in [0.1, 0.15) is 31.7 Å². The Hall–Kier alpha value is -3.92. The number of carbonyl (C=O) groups is 2. The highest BCUT2D eigenvalue weighted by molar-refractivity contribution is 5.86. The summed E-state index contributed by atoms with van der Waals surface area (Å²) in [6.45, 7) is 2.23. The van der Waals surface area contributed by atoms with E-state index in [0.29, 0.717) is 42.6 Å². The van der Waals surface area contributed by atoms with Crippen molar-refractivity contribution in [2.45, 2.75) is 32.2 Å². The van der Waals surface area contributed by atoms with Crippen LogP contribution in [-0.2, 0) is 4.79 Å². The Balaban J connectivity index is 1.70. The van der Waals surface area contributed by atoms with E-state index in [9.17, 15) is 9.59 Å². The molecule has 0 radical (unpaired) electrons. The number of fused-ring (bicyclic) bond motifs is 1. The number of aromatic nitrogens is 3. The predicted molar refractivity (Wildman–Crippen MR) is 124 cm³/mol. The van der Waals surface area contributed by atoms with Crippen LogP contribution in [0.25, 0.3) is 23.0 Å². The van der Waals surface area contributed by atoms with Crippen LogP contribution in [0.3, 0.4) is 0 Å². The molecule has 1 aromatic carbocycles. The highest BCUT2D eigenvalue weighted by atomic mass is 16.5. The second kappa shape index (κ2) is 10.1. The summed E-state index contributed by atoms with van der Waals surface area (Å²) in [6, 6.07) is 9.41. The van der Waals surface area contributed by atoms with Gasteiger partial charge in [0.25, 0.3) is 0 Å². The SMILES string of the molecule is C/C(=C/c1cnn2c(NC3CC3)cc(-c3cccc(OCCCO)c3)nc12)NC(=O)NC=O. The van der Waals surface area contributed by atoms with E-state index >= 15 is 0 Å². The summed E-state index contributed by atoms with van der Waals surface area (Å²) < 4.78 is 7.46. The van der Waals surface area contributed by atoms with Crippen LogP contribution in [-0.4, -0.2) is 51.4 Å². The molecule has 1 aliphatic rings. The van der Waals surface area contributed by atoms with Crippen molar-refractivity contribution in [1.29, 1.82) is 0 Å². The van der Waals surface area contributed by atoms with Gasteiger partial charge >= 0.3 is 6.03 Å². The number of amides is 3. The lowest BCUT2D eigenvalue weighted by Crippen LogP contribution is -2.33. The molecule has 4 rings (SSSR count). The molecule has 1 fully saturated rings. The van der Waals surface area contributed by atoms with Gasteiger partial charge < -0.3 is 20.5 Å². The van der Waals surface area contributed by atoms with Crippen LogP contribution in [0.5, 0.6) is 5.75 Å². The third-order valence-electron chi connectivity index (χ3n) is 5.00. The van der Waals surface area contributed by atoms with Crippen molar-refractivity contribution in [3.05, 3.63) is 47.8 Å². The first-order valence-corrected chi connectivity index (χ1v) is 10.8. The molecule has 10 heteroatoms. The average molecular weight is 450 g/mol. The number of anilines is 1. The largest absolute Gasteiger partial charge is 0.493 e.